The van der Waals surface area contributed by atoms with Gasteiger partial charge in [-0.05, 0) is 5.56 Å². The van der Waals surface area contributed by atoms with Crippen LogP contribution in [0.25, 0.3) is 6.08 Å². The molecule has 0 bridgehead atoms. The third-order valence-corrected chi connectivity index (χ3v) is 1.92. The first-order valence-corrected chi connectivity index (χ1v) is 4.48. The van der Waals surface area contributed by atoms with Crippen LogP contribution in [0, 0.1) is 0 Å². The molecule has 1 aromatic heterocycles. The molecule has 0 N–H and O–H groups in total. The Labute approximate surface area is 90.9 Å². The zero-order valence-corrected chi connectivity index (χ0v) is 9.63. The minimum atomic E-state index is 0. The van der Waals surface area contributed by atoms with Gasteiger partial charge in [0.1, 0.15) is 6.54 Å². The van der Waals surface area contributed by atoms with E-state index in [2.05, 4.69) is 42.6 Å². The Morgan fingerprint density at radius 3 is 2.46 bits per heavy atom. The van der Waals surface area contributed by atoms with Gasteiger partial charge in [0.2, 0.25) is 0 Å². The fourth-order valence-electron chi connectivity index (χ4n) is 1.09. The topological polar surface area (TPSA) is 3.88 Å². The summed E-state index contributed by atoms with van der Waals surface area (Å²) >= 11 is 0. The molecule has 2 heteroatoms. The van der Waals surface area contributed by atoms with E-state index in [0.717, 1.165) is 6.54 Å². The second-order valence-corrected chi connectivity index (χ2v) is 2.93. The van der Waals surface area contributed by atoms with Crippen molar-refractivity contribution >= 4 is 6.08 Å². The summed E-state index contributed by atoms with van der Waals surface area (Å²) in [6.07, 6.45) is 8.57. The maximum Gasteiger partial charge on any atom is 0.169 e. The Morgan fingerprint density at radius 1 is 1.38 bits per heavy atom. The van der Waals surface area contributed by atoms with Gasteiger partial charge < -0.3 is 17.0 Å². The summed E-state index contributed by atoms with van der Waals surface area (Å²) in [7, 11) is 0. The van der Waals surface area contributed by atoms with Crippen LogP contribution in [0.15, 0.2) is 31.1 Å². The summed E-state index contributed by atoms with van der Waals surface area (Å²) in [5.74, 6) is 0. The molecule has 0 aliphatic carbocycles. The van der Waals surface area contributed by atoms with Crippen LogP contribution in [0.5, 0.6) is 0 Å². The summed E-state index contributed by atoms with van der Waals surface area (Å²) in [6.45, 7) is 7.04. The van der Waals surface area contributed by atoms with Gasteiger partial charge in [-0.3, -0.25) is 0 Å². The van der Waals surface area contributed by atoms with Crippen molar-refractivity contribution in [1.82, 2.24) is 0 Å². The van der Waals surface area contributed by atoms with Crippen LogP contribution in [0.1, 0.15) is 25.3 Å². The number of nitrogens with zero attached hydrogens (tertiary/aromatic N) is 1. The molecule has 0 saturated heterocycles. The van der Waals surface area contributed by atoms with Gasteiger partial charge in [-0.1, -0.05) is 26.0 Å². The van der Waals surface area contributed by atoms with Gasteiger partial charge in [0.05, 0.1) is 0 Å². The van der Waals surface area contributed by atoms with Crippen molar-refractivity contribution in [3.63, 3.8) is 0 Å². The molecule has 0 spiro atoms. The lowest BCUT2D eigenvalue weighted by Crippen LogP contribution is -3.00. The van der Waals surface area contributed by atoms with E-state index in [-0.39, 0.29) is 17.0 Å². The third kappa shape index (κ3) is 4.23. The van der Waals surface area contributed by atoms with E-state index in [9.17, 15) is 0 Å². The highest BCUT2D eigenvalue weighted by Gasteiger charge is 1.96. The Kier molecular flexibility index (Phi) is 6.51. The van der Waals surface area contributed by atoms with E-state index < -0.39 is 0 Å². The van der Waals surface area contributed by atoms with Gasteiger partial charge >= 0.3 is 0 Å². The lowest BCUT2D eigenvalue weighted by molar-refractivity contribution is -0.697. The molecular formula is C11H16BrN. The molecule has 1 nitrogen and oxygen atoms in total. The summed E-state index contributed by atoms with van der Waals surface area (Å²) in [6, 6.07) is 4.17. The highest BCUT2D eigenvalue weighted by Crippen LogP contribution is 1.96. The molecule has 0 amide bonds. The van der Waals surface area contributed by atoms with Gasteiger partial charge in [0.15, 0.2) is 12.4 Å². The maximum atomic E-state index is 3.71. The highest BCUT2D eigenvalue weighted by molar-refractivity contribution is 5.44. The number of aryl methyl sites for hydroxylation is 1. The predicted molar refractivity (Wildman–Crippen MR) is 51.6 cm³/mol. The first-order valence-electron chi connectivity index (χ1n) is 4.48. The lowest BCUT2D eigenvalue weighted by Gasteiger charge is -1.94. The second kappa shape index (κ2) is 6.84. The second-order valence-electron chi connectivity index (χ2n) is 2.93. The molecule has 0 radical (unpaired) electrons. The molecule has 0 unspecified atom stereocenters. The number of aromatic nitrogens is 1. The number of hydrogen-bond donors (Lipinski definition) is 0. The van der Waals surface area contributed by atoms with Crippen LogP contribution < -0.4 is 21.5 Å². The van der Waals surface area contributed by atoms with Crippen LogP contribution in [-0.2, 0) is 6.54 Å². The minimum Gasteiger partial charge on any atom is -1.00 e. The van der Waals surface area contributed by atoms with Crippen molar-refractivity contribution in [2.45, 2.75) is 26.3 Å². The molecule has 0 saturated carbocycles. The predicted octanol–water partition coefficient (Wildman–Crippen LogP) is -0.579. The number of pyridine rings is 1. The summed E-state index contributed by atoms with van der Waals surface area (Å²) in [5, 5.41) is 0. The summed E-state index contributed by atoms with van der Waals surface area (Å²) < 4.78 is 2.20. The van der Waals surface area contributed by atoms with E-state index in [1.54, 1.807) is 0 Å². The SMILES string of the molecule is C=Cc1cc[n+](CCCC)cc1.[Br-]. The van der Waals surface area contributed by atoms with E-state index in [0.29, 0.717) is 0 Å². The molecule has 72 valence electrons. The number of hydrogen-bond acceptors (Lipinski definition) is 0. The fraction of sp³-hybridized carbons (Fsp3) is 0.364. The first-order chi connectivity index (χ1) is 5.86. The zero-order chi connectivity index (χ0) is 8.81. The molecule has 13 heavy (non-hydrogen) atoms. The van der Waals surface area contributed by atoms with Gasteiger partial charge in [-0.15, -0.1) is 0 Å². The normalized spacial score (nSPS) is 9.00. The van der Waals surface area contributed by atoms with E-state index in [1.165, 1.54) is 18.4 Å². The van der Waals surface area contributed by atoms with Crippen LogP contribution in [0.3, 0.4) is 0 Å². The van der Waals surface area contributed by atoms with Crippen LogP contribution in [0.2, 0.25) is 0 Å². The van der Waals surface area contributed by atoms with E-state index in [1.807, 2.05) is 6.08 Å². The lowest BCUT2D eigenvalue weighted by atomic mass is 10.2. The molecule has 1 aromatic rings. The average Bonchev–Trinajstić information content (AvgIpc) is 2.15. The molecule has 0 fully saturated rings. The van der Waals surface area contributed by atoms with Gasteiger partial charge in [-0.25, -0.2) is 4.57 Å². The Hall–Kier alpha value is -0.630. The maximum absolute atomic E-state index is 3.71. The Morgan fingerprint density at radius 2 is 2.00 bits per heavy atom. The van der Waals surface area contributed by atoms with Crippen molar-refractivity contribution in [2.75, 3.05) is 0 Å². The first kappa shape index (κ1) is 12.4. The van der Waals surface area contributed by atoms with Crippen LogP contribution in [-0.4, -0.2) is 0 Å². The monoisotopic (exact) mass is 241 g/mol. The van der Waals surface area contributed by atoms with Crippen molar-refractivity contribution in [3.8, 4) is 0 Å². The fourth-order valence-corrected chi connectivity index (χ4v) is 1.09. The molecule has 0 aliphatic heterocycles. The average molecular weight is 242 g/mol. The molecule has 1 rings (SSSR count). The minimum absolute atomic E-state index is 0. The number of rotatable bonds is 4. The van der Waals surface area contributed by atoms with Crippen molar-refractivity contribution in [2.24, 2.45) is 0 Å². The van der Waals surface area contributed by atoms with Crippen LogP contribution >= 0.6 is 0 Å². The summed E-state index contributed by atoms with van der Waals surface area (Å²) in [4.78, 5) is 0. The van der Waals surface area contributed by atoms with Crippen LogP contribution in [0.4, 0.5) is 0 Å². The van der Waals surface area contributed by atoms with E-state index >= 15 is 0 Å². The molecule has 0 aromatic carbocycles. The molecule has 0 atom stereocenters. The van der Waals surface area contributed by atoms with Crippen molar-refractivity contribution < 1.29 is 21.5 Å². The van der Waals surface area contributed by atoms with Crippen molar-refractivity contribution in [3.05, 3.63) is 36.7 Å². The number of halogens is 1. The molecular weight excluding hydrogens is 226 g/mol. The van der Waals surface area contributed by atoms with Gasteiger partial charge in [0.25, 0.3) is 0 Å². The quantitative estimate of drug-likeness (QED) is 0.622. The smallest absolute Gasteiger partial charge is 0.169 e. The largest absolute Gasteiger partial charge is 1.00 e. The van der Waals surface area contributed by atoms with E-state index in [4.69, 9.17) is 0 Å². The third-order valence-electron chi connectivity index (χ3n) is 1.92. The van der Waals surface area contributed by atoms with Gasteiger partial charge in [-0.2, -0.15) is 0 Å². The van der Waals surface area contributed by atoms with Crippen molar-refractivity contribution in [1.29, 1.82) is 0 Å². The Bertz CT molecular complexity index is 241. The highest BCUT2D eigenvalue weighted by atomic mass is 79.9. The zero-order valence-electron chi connectivity index (χ0n) is 8.04. The molecule has 1 heterocycles. The van der Waals surface area contributed by atoms with Gasteiger partial charge in [0, 0.05) is 18.6 Å². The molecule has 0 aliphatic rings. The Balaban J connectivity index is 0.00000144. The summed E-state index contributed by atoms with van der Waals surface area (Å²) in [5.41, 5.74) is 1.18. The standard InChI is InChI=1S/C11H16N.BrH/c1-3-5-8-12-9-6-11(4-2)7-10-12;/h4,6-7,9-10H,2-3,5,8H2,1H3;1H/q+1;/p-1. The number of unbranched alkanes of at least 4 members (excludes halogenated alkanes) is 1.